The van der Waals surface area contributed by atoms with Crippen LogP contribution >= 0.6 is 12.2 Å². The third kappa shape index (κ3) is 1.72. The standard InChI is InChI=1S/C13H15N3S/c1-9-14-15-13(17)16(9)12-8-4-6-10-5-2-3-7-11(10)12/h2-3,5,7,12H,4,6,8H2,1H3,(H,15,17). The summed E-state index contributed by atoms with van der Waals surface area (Å²) in [5, 5.41) is 7.09. The lowest BCUT2D eigenvalue weighted by Crippen LogP contribution is -2.18. The molecule has 3 nitrogen and oxygen atoms in total. The van der Waals surface area contributed by atoms with E-state index in [1.54, 1.807) is 0 Å². The SMILES string of the molecule is Cc1n[nH]c(=S)n1C1CCCc2ccccc21. The molecule has 1 N–H and O–H groups in total. The van der Waals surface area contributed by atoms with Gasteiger partial charge in [0.1, 0.15) is 5.82 Å². The Balaban J connectivity index is 2.15. The maximum Gasteiger partial charge on any atom is 0.195 e. The van der Waals surface area contributed by atoms with Crippen LogP contribution in [0.15, 0.2) is 24.3 Å². The molecule has 0 saturated heterocycles. The first kappa shape index (κ1) is 10.7. The van der Waals surface area contributed by atoms with Gasteiger partial charge in [0.25, 0.3) is 0 Å². The molecule has 1 atom stereocenters. The molecule has 17 heavy (non-hydrogen) atoms. The molecule has 1 aliphatic carbocycles. The molecule has 1 aromatic carbocycles. The van der Waals surface area contributed by atoms with E-state index in [1.807, 2.05) is 6.92 Å². The second-order valence-corrected chi connectivity index (χ2v) is 4.94. The maximum absolute atomic E-state index is 5.33. The van der Waals surface area contributed by atoms with Crippen LogP contribution in [0.5, 0.6) is 0 Å². The van der Waals surface area contributed by atoms with Gasteiger partial charge in [-0.3, -0.25) is 9.67 Å². The summed E-state index contributed by atoms with van der Waals surface area (Å²) in [4.78, 5) is 0. The van der Waals surface area contributed by atoms with Crippen molar-refractivity contribution in [3.63, 3.8) is 0 Å². The van der Waals surface area contributed by atoms with Crippen LogP contribution in [-0.2, 0) is 6.42 Å². The van der Waals surface area contributed by atoms with E-state index in [9.17, 15) is 0 Å². The molecule has 1 unspecified atom stereocenters. The third-order valence-electron chi connectivity index (χ3n) is 3.53. The summed E-state index contributed by atoms with van der Waals surface area (Å²) in [5.74, 6) is 0.969. The van der Waals surface area contributed by atoms with Crippen molar-refractivity contribution < 1.29 is 0 Å². The van der Waals surface area contributed by atoms with E-state index >= 15 is 0 Å². The Morgan fingerprint density at radius 1 is 1.41 bits per heavy atom. The molecular weight excluding hydrogens is 230 g/mol. The van der Waals surface area contributed by atoms with E-state index in [0.717, 1.165) is 17.0 Å². The zero-order valence-corrected chi connectivity index (χ0v) is 10.6. The van der Waals surface area contributed by atoms with Gasteiger partial charge in [0.05, 0.1) is 6.04 Å². The lowest BCUT2D eigenvalue weighted by Gasteiger charge is -2.26. The number of hydrogen-bond acceptors (Lipinski definition) is 2. The summed E-state index contributed by atoms with van der Waals surface area (Å²) in [6, 6.07) is 9.01. The Labute approximate surface area is 105 Å². The van der Waals surface area contributed by atoms with Crippen molar-refractivity contribution in [2.24, 2.45) is 0 Å². The Morgan fingerprint density at radius 3 is 3.00 bits per heavy atom. The Hall–Kier alpha value is -1.42. The minimum absolute atomic E-state index is 0.353. The van der Waals surface area contributed by atoms with Gasteiger partial charge in [0.2, 0.25) is 0 Å². The first-order chi connectivity index (χ1) is 8.27. The highest BCUT2D eigenvalue weighted by molar-refractivity contribution is 7.71. The van der Waals surface area contributed by atoms with Gasteiger partial charge in [-0.15, -0.1) is 0 Å². The molecule has 3 rings (SSSR count). The predicted molar refractivity (Wildman–Crippen MR) is 69.7 cm³/mol. The van der Waals surface area contributed by atoms with E-state index in [1.165, 1.54) is 24.0 Å². The number of nitrogens with one attached hydrogen (secondary N) is 1. The summed E-state index contributed by atoms with van der Waals surface area (Å²) in [6.45, 7) is 2.00. The van der Waals surface area contributed by atoms with Crippen LogP contribution in [0.4, 0.5) is 0 Å². The molecule has 0 amide bonds. The van der Waals surface area contributed by atoms with E-state index < -0.39 is 0 Å². The van der Waals surface area contributed by atoms with Gasteiger partial charge in [0, 0.05) is 0 Å². The topological polar surface area (TPSA) is 33.6 Å². The number of hydrogen-bond donors (Lipinski definition) is 1. The normalized spacial score (nSPS) is 19.0. The van der Waals surface area contributed by atoms with Crippen LogP contribution in [0.2, 0.25) is 0 Å². The zero-order chi connectivity index (χ0) is 11.8. The van der Waals surface area contributed by atoms with Gasteiger partial charge >= 0.3 is 0 Å². The van der Waals surface area contributed by atoms with Crippen molar-refractivity contribution in [1.29, 1.82) is 0 Å². The van der Waals surface area contributed by atoms with Gasteiger partial charge in [-0.1, -0.05) is 24.3 Å². The maximum atomic E-state index is 5.33. The lowest BCUT2D eigenvalue weighted by atomic mass is 9.87. The largest absolute Gasteiger partial charge is 0.297 e. The Bertz CT molecular complexity index is 597. The van der Waals surface area contributed by atoms with Gasteiger partial charge in [-0.25, -0.2) is 0 Å². The number of aromatic nitrogens is 3. The highest BCUT2D eigenvalue weighted by Crippen LogP contribution is 2.33. The Morgan fingerprint density at radius 2 is 2.24 bits per heavy atom. The fourth-order valence-corrected chi connectivity index (χ4v) is 3.05. The van der Waals surface area contributed by atoms with Crippen molar-refractivity contribution in [3.8, 4) is 0 Å². The van der Waals surface area contributed by atoms with Crippen LogP contribution in [0, 0.1) is 11.7 Å². The fourth-order valence-electron chi connectivity index (χ4n) is 2.75. The van der Waals surface area contributed by atoms with Crippen molar-refractivity contribution in [1.82, 2.24) is 14.8 Å². The summed E-state index contributed by atoms with van der Waals surface area (Å²) >= 11 is 5.33. The number of fused-ring (bicyclic) bond motifs is 1. The van der Waals surface area contributed by atoms with E-state index in [2.05, 4.69) is 39.0 Å². The molecular formula is C13H15N3S. The van der Waals surface area contributed by atoms with Crippen LogP contribution < -0.4 is 0 Å². The van der Waals surface area contributed by atoms with E-state index in [0.29, 0.717) is 6.04 Å². The number of H-pyrrole nitrogens is 1. The molecule has 1 heterocycles. The molecule has 0 spiro atoms. The zero-order valence-electron chi connectivity index (χ0n) is 9.81. The lowest BCUT2D eigenvalue weighted by molar-refractivity contribution is 0.476. The summed E-state index contributed by atoms with van der Waals surface area (Å²) in [6.07, 6.45) is 3.54. The van der Waals surface area contributed by atoms with Gasteiger partial charge < -0.3 is 0 Å². The van der Waals surface area contributed by atoms with Crippen LogP contribution in [0.3, 0.4) is 0 Å². The van der Waals surface area contributed by atoms with Gasteiger partial charge in [-0.05, 0) is 49.5 Å². The van der Waals surface area contributed by atoms with Crippen molar-refractivity contribution in [2.75, 3.05) is 0 Å². The highest BCUT2D eigenvalue weighted by atomic mass is 32.1. The predicted octanol–water partition coefficient (Wildman–Crippen LogP) is 3.17. The molecule has 1 aromatic heterocycles. The van der Waals surface area contributed by atoms with Crippen molar-refractivity contribution in [3.05, 3.63) is 46.0 Å². The molecule has 2 aromatic rings. The molecule has 0 radical (unpaired) electrons. The minimum Gasteiger partial charge on any atom is -0.297 e. The molecule has 0 aliphatic heterocycles. The first-order valence-corrected chi connectivity index (χ1v) is 6.39. The number of aryl methyl sites for hydroxylation is 2. The average molecular weight is 245 g/mol. The van der Waals surface area contributed by atoms with Crippen LogP contribution in [-0.4, -0.2) is 14.8 Å². The number of benzene rings is 1. The first-order valence-electron chi connectivity index (χ1n) is 5.98. The monoisotopic (exact) mass is 245 g/mol. The second-order valence-electron chi connectivity index (χ2n) is 4.55. The minimum atomic E-state index is 0.353. The summed E-state index contributed by atoms with van der Waals surface area (Å²) < 4.78 is 2.87. The van der Waals surface area contributed by atoms with E-state index in [-0.39, 0.29) is 0 Å². The van der Waals surface area contributed by atoms with Gasteiger partial charge in [-0.2, -0.15) is 5.10 Å². The summed E-state index contributed by atoms with van der Waals surface area (Å²) in [5.41, 5.74) is 2.85. The number of aromatic amines is 1. The second kappa shape index (κ2) is 4.11. The molecule has 4 heteroatoms. The number of nitrogens with zero attached hydrogens (tertiary/aromatic N) is 2. The van der Waals surface area contributed by atoms with Crippen LogP contribution in [0.25, 0.3) is 0 Å². The Kier molecular flexibility index (Phi) is 2.59. The van der Waals surface area contributed by atoms with E-state index in [4.69, 9.17) is 12.2 Å². The molecule has 0 bridgehead atoms. The molecule has 1 aliphatic rings. The van der Waals surface area contributed by atoms with Crippen molar-refractivity contribution in [2.45, 2.75) is 32.2 Å². The van der Waals surface area contributed by atoms with Crippen molar-refractivity contribution >= 4 is 12.2 Å². The summed E-state index contributed by atoms with van der Waals surface area (Å²) in [7, 11) is 0. The molecule has 0 saturated carbocycles. The molecule has 0 fully saturated rings. The smallest absolute Gasteiger partial charge is 0.195 e. The third-order valence-corrected chi connectivity index (χ3v) is 3.82. The average Bonchev–Trinajstić information content (AvgIpc) is 2.69. The quantitative estimate of drug-likeness (QED) is 0.783. The van der Waals surface area contributed by atoms with Gasteiger partial charge in [0.15, 0.2) is 4.77 Å². The highest BCUT2D eigenvalue weighted by Gasteiger charge is 2.23. The number of rotatable bonds is 1. The van der Waals surface area contributed by atoms with Crippen LogP contribution in [0.1, 0.15) is 35.8 Å². The fraction of sp³-hybridized carbons (Fsp3) is 0.385. The molecule has 88 valence electrons.